The highest BCUT2D eigenvalue weighted by Crippen LogP contribution is 2.27. The standard InChI is InChI=1S/C24H22N4O2S/c1-17(23(29)25-15-18-9-4-2-5-10-18)26-24(30)20-16-28(19-11-6-3-7-12-19)27-22(20)21-13-8-14-31-21/h2-14,16-17H,15H2,1H3,(H,25,29)(H,26,30). The van der Waals surface area contributed by atoms with Crippen molar-refractivity contribution in [2.24, 2.45) is 0 Å². The van der Waals surface area contributed by atoms with Crippen LogP contribution < -0.4 is 10.6 Å². The molecule has 0 saturated carbocycles. The predicted molar refractivity (Wildman–Crippen MR) is 122 cm³/mol. The van der Waals surface area contributed by atoms with Crippen molar-refractivity contribution in [3.8, 4) is 16.3 Å². The Morgan fingerprint density at radius 3 is 2.39 bits per heavy atom. The van der Waals surface area contributed by atoms with E-state index >= 15 is 0 Å². The summed E-state index contributed by atoms with van der Waals surface area (Å²) in [6.45, 7) is 2.08. The maximum atomic E-state index is 13.1. The Labute approximate surface area is 184 Å². The summed E-state index contributed by atoms with van der Waals surface area (Å²) in [6, 6.07) is 22.4. The molecule has 0 fully saturated rings. The average Bonchev–Trinajstić information content (AvgIpc) is 3.48. The van der Waals surface area contributed by atoms with Crippen LogP contribution in [0.3, 0.4) is 0 Å². The smallest absolute Gasteiger partial charge is 0.255 e. The molecule has 0 spiro atoms. The highest BCUT2D eigenvalue weighted by molar-refractivity contribution is 7.13. The molecule has 31 heavy (non-hydrogen) atoms. The summed E-state index contributed by atoms with van der Waals surface area (Å²) in [5.74, 6) is -0.585. The SMILES string of the molecule is CC(NC(=O)c1cn(-c2ccccc2)nc1-c1cccs1)C(=O)NCc1ccccc1. The van der Waals surface area contributed by atoms with Gasteiger partial charge in [0, 0.05) is 12.7 Å². The highest BCUT2D eigenvalue weighted by atomic mass is 32.1. The second-order valence-electron chi connectivity index (χ2n) is 7.05. The Morgan fingerprint density at radius 1 is 1.00 bits per heavy atom. The summed E-state index contributed by atoms with van der Waals surface area (Å²) < 4.78 is 1.68. The van der Waals surface area contributed by atoms with Gasteiger partial charge in [0.05, 0.1) is 16.1 Å². The topological polar surface area (TPSA) is 76.0 Å². The Balaban J connectivity index is 1.50. The molecule has 6 nitrogen and oxygen atoms in total. The number of amides is 2. The van der Waals surface area contributed by atoms with Crippen molar-refractivity contribution in [2.45, 2.75) is 19.5 Å². The molecule has 0 radical (unpaired) electrons. The molecule has 2 amide bonds. The third-order valence-corrected chi connectivity index (χ3v) is 5.66. The van der Waals surface area contributed by atoms with Gasteiger partial charge in [-0.05, 0) is 36.1 Å². The van der Waals surface area contributed by atoms with Crippen LogP contribution in [0.5, 0.6) is 0 Å². The van der Waals surface area contributed by atoms with Crippen molar-refractivity contribution >= 4 is 23.2 Å². The summed E-state index contributed by atoms with van der Waals surface area (Å²) in [4.78, 5) is 26.4. The lowest BCUT2D eigenvalue weighted by Gasteiger charge is -2.14. The van der Waals surface area contributed by atoms with Gasteiger partial charge < -0.3 is 10.6 Å². The van der Waals surface area contributed by atoms with Gasteiger partial charge in [0.15, 0.2) is 0 Å². The van der Waals surface area contributed by atoms with E-state index < -0.39 is 6.04 Å². The third kappa shape index (κ3) is 4.90. The summed E-state index contributed by atoms with van der Waals surface area (Å²) in [7, 11) is 0. The molecule has 2 heterocycles. The number of carbonyl (C=O) groups excluding carboxylic acids is 2. The number of hydrogen-bond acceptors (Lipinski definition) is 4. The lowest BCUT2D eigenvalue weighted by Crippen LogP contribution is -2.44. The second-order valence-corrected chi connectivity index (χ2v) is 8.00. The zero-order valence-electron chi connectivity index (χ0n) is 17.0. The number of hydrogen-bond donors (Lipinski definition) is 2. The van der Waals surface area contributed by atoms with Crippen LogP contribution in [0.4, 0.5) is 0 Å². The van der Waals surface area contributed by atoms with E-state index in [-0.39, 0.29) is 11.8 Å². The number of rotatable bonds is 7. The first-order valence-electron chi connectivity index (χ1n) is 9.93. The Hall–Kier alpha value is -3.71. The van der Waals surface area contributed by atoms with E-state index in [1.165, 1.54) is 11.3 Å². The number of carbonyl (C=O) groups is 2. The van der Waals surface area contributed by atoms with Crippen molar-refractivity contribution in [3.05, 3.63) is 95.5 Å². The van der Waals surface area contributed by atoms with Crippen LogP contribution in [0.1, 0.15) is 22.8 Å². The minimum atomic E-state index is -0.688. The van der Waals surface area contributed by atoms with Crippen LogP contribution >= 0.6 is 11.3 Å². The minimum Gasteiger partial charge on any atom is -0.350 e. The van der Waals surface area contributed by atoms with Gasteiger partial charge in [-0.2, -0.15) is 5.10 Å². The maximum Gasteiger partial charge on any atom is 0.255 e. The van der Waals surface area contributed by atoms with E-state index in [0.29, 0.717) is 17.8 Å². The zero-order chi connectivity index (χ0) is 21.6. The molecule has 156 valence electrons. The van der Waals surface area contributed by atoms with Gasteiger partial charge in [-0.25, -0.2) is 4.68 Å². The second kappa shape index (κ2) is 9.40. The largest absolute Gasteiger partial charge is 0.350 e. The zero-order valence-corrected chi connectivity index (χ0v) is 17.8. The number of nitrogens with one attached hydrogen (secondary N) is 2. The molecule has 2 aromatic carbocycles. The van der Waals surface area contributed by atoms with E-state index in [9.17, 15) is 9.59 Å². The first-order chi connectivity index (χ1) is 15.1. The lowest BCUT2D eigenvalue weighted by molar-refractivity contribution is -0.122. The van der Waals surface area contributed by atoms with Gasteiger partial charge >= 0.3 is 0 Å². The van der Waals surface area contributed by atoms with Gasteiger partial charge in [0.25, 0.3) is 5.91 Å². The molecule has 7 heteroatoms. The molecule has 1 atom stereocenters. The van der Waals surface area contributed by atoms with Crippen molar-refractivity contribution in [1.82, 2.24) is 20.4 Å². The van der Waals surface area contributed by atoms with Crippen molar-refractivity contribution in [3.63, 3.8) is 0 Å². The van der Waals surface area contributed by atoms with Crippen molar-refractivity contribution in [1.29, 1.82) is 0 Å². The van der Waals surface area contributed by atoms with E-state index in [0.717, 1.165) is 16.1 Å². The molecule has 4 aromatic rings. The maximum absolute atomic E-state index is 13.1. The van der Waals surface area contributed by atoms with Crippen LogP contribution in [0.15, 0.2) is 84.4 Å². The number of thiophene rings is 1. The molecule has 0 aliphatic carbocycles. The first kappa shape index (κ1) is 20.6. The van der Waals surface area contributed by atoms with Crippen LogP contribution in [0.2, 0.25) is 0 Å². The Bertz CT molecular complexity index is 1160. The fourth-order valence-electron chi connectivity index (χ4n) is 3.13. The fraction of sp³-hybridized carbons (Fsp3) is 0.125. The Morgan fingerprint density at radius 2 is 1.71 bits per heavy atom. The number of benzene rings is 2. The predicted octanol–water partition coefficient (Wildman–Crippen LogP) is 4.04. The molecule has 0 aliphatic rings. The van der Waals surface area contributed by atoms with Crippen LogP contribution in [-0.2, 0) is 11.3 Å². The van der Waals surface area contributed by atoms with Crippen molar-refractivity contribution < 1.29 is 9.59 Å². The number of aromatic nitrogens is 2. The van der Waals surface area contributed by atoms with E-state index in [1.54, 1.807) is 17.8 Å². The van der Waals surface area contributed by atoms with Crippen LogP contribution in [0.25, 0.3) is 16.3 Å². The fourth-order valence-corrected chi connectivity index (χ4v) is 3.85. The molecular weight excluding hydrogens is 408 g/mol. The molecule has 4 rings (SSSR count). The summed E-state index contributed by atoms with van der Waals surface area (Å²) in [5.41, 5.74) is 2.87. The molecule has 2 aromatic heterocycles. The minimum absolute atomic E-state index is 0.245. The van der Waals surface area contributed by atoms with E-state index in [4.69, 9.17) is 0 Å². The van der Waals surface area contributed by atoms with Gasteiger partial charge in [0.2, 0.25) is 5.91 Å². The quantitative estimate of drug-likeness (QED) is 0.465. The Kier molecular flexibility index (Phi) is 6.24. The lowest BCUT2D eigenvalue weighted by atomic mass is 10.2. The van der Waals surface area contributed by atoms with Gasteiger partial charge in [-0.3, -0.25) is 9.59 Å². The van der Waals surface area contributed by atoms with Crippen molar-refractivity contribution in [2.75, 3.05) is 0 Å². The number of nitrogens with zero attached hydrogens (tertiary/aromatic N) is 2. The average molecular weight is 431 g/mol. The molecule has 0 bridgehead atoms. The first-order valence-corrected chi connectivity index (χ1v) is 10.8. The monoisotopic (exact) mass is 430 g/mol. The highest BCUT2D eigenvalue weighted by Gasteiger charge is 2.22. The van der Waals surface area contributed by atoms with Gasteiger partial charge in [-0.1, -0.05) is 54.6 Å². The van der Waals surface area contributed by atoms with Crippen LogP contribution in [-0.4, -0.2) is 27.6 Å². The van der Waals surface area contributed by atoms with Gasteiger partial charge in [-0.15, -0.1) is 11.3 Å². The van der Waals surface area contributed by atoms with E-state index in [2.05, 4.69) is 15.7 Å². The molecule has 1 unspecified atom stereocenters. The molecule has 0 aliphatic heterocycles. The normalized spacial score (nSPS) is 11.6. The summed E-state index contributed by atoms with van der Waals surface area (Å²) in [5, 5.41) is 12.2. The molecule has 2 N–H and O–H groups in total. The van der Waals surface area contributed by atoms with E-state index in [1.807, 2.05) is 78.2 Å². The molecular formula is C24H22N4O2S. The van der Waals surface area contributed by atoms with Crippen LogP contribution in [0, 0.1) is 0 Å². The molecule has 0 saturated heterocycles. The van der Waals surface area contributed by atoms with Gasteiger partial charge in [0.1, 0.15) is 11.7 Å². The number of para-hydroxylation sites is 1. The summed E-state index contributed by atoms with van der Waals surface area (Å²) >= 11 is 1.51. The third-order valence-electron chi connectivity index (χ3n) is 4.78. The summed E-state index contributed by atoms with van der Waals surface area (Å²) in [6.07, 6.45) is 1.70.